The topological polar surface area (TPSA) is 70.7 Å². The standard InChI is InChI=1S/C15H20N4O/c1-11(2)10-14(20)16-9-8-13-17-15(19-18-13)12-6-4-3-5-7-12/h3-7,11H,8-10H2,1-2H3,(H,16,20)(H,17,18,19). The van der Waals surface area contributed by atoms with Crippen molar-refractivity contribution in [3.8, 4) is 11.4 Å². The third-order valence-corrected chi connectivity index (χ3v) is 2.84. The van der Waals surface area contributed by atoms with E-state index in [1.54, 1.807) is 0 Å². The molecule has 0 aliphatic heterocycles. The number of rotatable bonds is 6. The van der Waals surface area contributed by atoms with Gasteiger partial charge in [0.25, 0.3) is 0 Å². The number of aromatic nitrogens is 3. The molecule has 106 valence electrons. The molecule has 0 aliphatic rings. The van der Waals surface area contributed by atoms with Crippen LogP contribution < -0.4 is 5.32 Å². The Labute approximate surface area is 118 Å². The molecule has 0 saturated heterocycles. The molecule has 5 nitrogen and oxygen atoms in total. The second kappa shape index (κ2) is 6.84. The first-order chi connectivity index (χ1) is 9.65. The molecule has 0 atom stereocenters. The number of hydrogen-bond donors (Lipinski definition) is 2. The average Bonchev–Trinajstić information content (AvgIpc) is 2.88. The highest BCUT2D eigenvalue weighted by atomic mass is 16.1. The molecule has 0 unspecified atom stereocenters. The Morgan fingerprint density at radius 3 is 2.75 bits per heavy atom. The van der Waals surface area contributed by atoms with Gasteiger partial charge in [-0.1, -0.05) is 44.2 Å². The van der Waals surface area contributed by atoms with Gasteiger partial charge in [-0.25, -0.2) is 4.98 Å². The zero-order chi connectivity index (χ0) is 14.4. The normalized spacial score (nSPS) is 10.8. The number of carbonyl (C=O) groups excluding carboxylic acids is 1. The fraction of sp³-hybridized carbons (Fsp3) is 0.400. The predicted octanol–water partition coefficient (Wildman–Crippen LogP) is 2.18. The molecule has 2 N–H and O–H groups in total. The molecule has 1 amide bonds. The van der Waals surface area contributed by atoms with Gasteiger partial charge in [-0.2, -0.15) is 5.10 Å². The van der Waals surface area contributed by atoms with Crippen LogP contribution in [0.15, 0.2) is 30.3 Å². The summed E-state index contributed by atoms with van der Waals surface area (Å²) in [5.41, 5.74) is 0.985. The third-order valence-electron chi connectivity index (χ3n) is 2.84. The molecule has 2 rings (SSSR count). The Morgan fingerprint density at radius 2 is 2.05 bits per heavy atom. The lowest BCUT2D eigenvalue weighted by Crippen LogP contribution is -2.26. The molecule has 0 spiro atoms. The van der Waals surface area contributed by atoms with Gasteiger partial charge in [0.05, 0.1) is 0 Å². The fourth-order valence-corrected chi connectivity index (χ4v) is 1.89. The lowest BCUT2D eigenvalue weighted by molar-refractivity contribution is -0.121. The van der Waals surface area contributed by atoms with Crippen LogP contribution in [0.5, 0.6) is 0 Å². The summed E-state index contributed by atoms with van der Waals surface area (Å²) >= 11 is 0. The Bertz CT molecular complexity index is 548. The first-order valence-electron chi connectivity index (χ1n) is 6.88. The van der Waals surface area contributed by atoms with E-state index >= 15 is 0 Å². The second-order valence-corrected chi connectivity index (χ2v) is 5.17. The molecule has 1 aromatic carbocycles. The summed E-state index contributed by atoms with van der Waals surface area (Å²) in [4.78, 5) is 15.9. The van der Waals surface area contributed by atoms with E-state index in [0.29, 0.717) is 31.1 Å². The Morgan fingerprint density at radius 1 is 1.30 bits per heavy atom. The van der Waals surface area contributed by atoms with E-state index in [0.717, 1.165) is 11.4 Å². The lowest BCUT2D eigenvalue weighted by Gasteiger charge is -2.05. The maximum Gasteiger partial charge on any atom is 0.220 e. The average molecular weight is 272 g/mol. The summed E-state index contributed by atoms with van der Waals surface area (Å²) in [6.45, 7) is 4.64. The summed E-state index contributed by atoms with van der Waals surface area (Å²) in [6.07, 6.45) is 1.22. The maximum absolute atomic E-state index is 11.5. The molecule has 0 radical (unpaired) electrons. The minimum atomic E-state index is 0.0859. The predicted molar refractivity (Wildman–Crippen MR) is 78.0 cm³/mol. The van der Waals surface area contributed by atoms with Crippen molar-refractivity contribution in [2.45, 2.75) is 26.7 Å². The number of amides is 1. The van der Waals surface area contributed by atoms with Crippen molar-refractivity contribution < 1.29 is 4.79 Å². The smallest absolute Gasteiger partial charge is 0.220 e. The molecule has 2 aromatic rings. The molecule has 0 saturated carbocycles. The van der Waals surface area contributed by atoms with Gasteiger partial charge in [0.1, 0.15) is 5.82 Å². The molecular weight excluding hydrogens is 252 g/mol. The number of benzene rings is 1. The van der Waals surface area contributed by atoms with Crippen LogP contribution in [0.4, 0.5) is 0 Å². The lowest BCUT2D eigenvalue weighted by atomic mass is 10.1. The molecule has 20 heavy (non-hydrogen) atoms. The van der Waals surface area contributed by atoms with E-state index in [1.165, 1.54) is 0 Å². The first-order valence-corrected chi connectivity index (χ1v) is 6.88. The third kappa shape index (κ3) is 4.19. The van der Waals surface area contributed by atoms with E-state index in [4.69, 9.17) is 0 Å². The highest BCUT2D eigenvalue weighted by Gasteiger charge is 2.07. The van der Waals surface area contributed by atoms with Crippen molar-refractivity contribution in [2.24, 2.45) is 5.92 Å². The quantitative estimate of drug-likeness (QED) is 0.846. The van der Waals surface area contributed by atoms with Crippen LogP contribution in [0, 0.1) is 5.92 Å². The largest absolute Gasteiger partial charge is 0.356 e. The van der Waals surface area contributed by atoms with Crippen LogP contribution in [-0.4, -0.2) is 27.6 Å². The molecule has 0 aliphatic carbocycles. The molecule has 0 fully saturated rings. The molecular formula is C15H20N4O. The van der Waals surface area contributed by atoms with Crippen LogP contribution in [0.1, 0.15) is 26.1 Å². The number of nitrogens with one attached hydrogen (secondary N) is 2. The van der Waals surface area contributed by atoms with E-state index in [2.05, 4.69) is 20.5 Å². The van der Waals surface area contributed by atoms with Gasteiger partial charge in [-0.05, 0) is 5.92 Å². The van der Waals surface area contributed by atoms with Crippen molar-refractivity contribution in [3.63, 3.8) is 0 Å². The van der Waals surface area contributed by atoms with Crippen LogP contribution >= 0.6 is 0 Å². The zero-order valence-corrected chi connectivity index (χ0v) is 11.9. The van der Waals surface area contributed by atoms with Crippen molar-refractivity contribution in [1.82, 2.24) is 20.5 Å². The second-order valence-electron chi connectivity index (χ2n) is 5.17. The molecule has 5 heteroatoms. The van der Waals surface area contributed by atoms with Gasteiger partial charge in [0.2, 0.25) is 5.91 Å². The van der Waals surface area contributed by atoms with Gasteiger partial charge in [-0.15, -0.1) is 0 Å². The summed E-state index contributed by atoms with van der Waals surface area (Å²) in [5.74, 6) is 1.94. The molecule has 1 heterocycles. The summed E-state index contributed by atoms with van der Waals surface area (Å²) in [7, 11) is 0. The summed E-state index contributed by atoms with van der Waals surface area (Å²) in [5, 5.41) is 9.97. The van der Waals surface area contributed by atoms with E-state index in [1.807, 2.05) is 44.2 Å². The van der Waals surface area contributed by atoms with Gasteiger partial charge < -0.3 is 5.32 Å². The van der Waals surface area contributed by atoms with Crippen molar-refractivity contribution in [3.05, 3.63) is 36.2 Å². The van der Waals surface area contributed by atoms with E-state index in [9.17, 15) is 4.79 Å². The maximum atomic E-state index is 11.5. The summed E-state index contributed by atoms with van der Waals surface area (Å²) < 4.78 is 0. The van der Waals surface area contributed by atoms with Gasteiger partial charge in [-0.3, -0.25) is 9.89 Å². The van der Waals surface area contributed by atoms with E-state index < -0.39 is 0 Å². The SMILES string of the molecule is CC(C)CC(=O)NCCc1nc(-c2ccccc2)n[nH]1. The van der Waals surface area contributed by atoms with Crippen LogP contribution in [0.3, 0.4) is 0 Å². The van der Waals surface area contributed by atoms with Crippen LogP contribution in [0.2, 0.25) is 0 Å². The Hall–Kier alpha value is -2.17. The Balaban J connectivity index is 1.83. The highest BCUT2D eigenvalue weighted by Crippen LogP contribution is 2.13. The number of H-pyrrole nitrogens is 1. The van der Waals surface area contributed by atoms with Crippen LogP contribution in [-0.2, 0) is 11.2 Å². The number of nitrogens with zero attached hydrogens (tertiary/aromatic N) is 2. The van der Waals surface area contributed by atoms with Gasteiger partial charge >= 0.3 is 0 Å². The fourth-order valence-electron chi connectivity index (χ4n) is 1.89. The highest BCUT2D eigenvalue weighted by molar-refractivity contribution is 5.76. The number of carbonyl (C=O) groups is 1. The van der Waals surface area contributed by atoms with Crippen molar-refractivity contribution >= 4 is 5.91 Å². The molecule has 1 aromatic heterocycles. The Kier molecular flexibility index (Phi) is 4.87. The number of aromatic amines is 1. The van der Waals surface area contributed by atoms with Gasteiger partial charge in [0, 0.05) is 24.9 Å². The monoisotopic (exact) mass is 272 g/mol. The minimum absolute atomic E-state index is 0.0859. The van der Waals surface area contributed by atoms with Crippen molar-refractivity contribution in [2.75, 3.05) is 6.54 Å². The van der Waals surface area contributed by atoms with Crippen molar-refractivity contribution in [1.29, 1.82) is 0 Å². The number of hydrogen-bond acceptors (Lipinski definition) is 3. The minimum Gasteiger partial charge on any atom is -0.356 e. The molecule has 0 bridgehead atoms. The summed E-state index contributed by atoms with van der Waals surface area (Å²) in [6, 6.07) is 9.81. The van der Waals surface area contributed by atoms with Gasteiger partial charge in [0.15, 0.2) is 5.82 Å². The van der Waals surface area contributed by atoms with Crippen LogP contribution in [0.25, 0.3) is 11.4 Å². The first kappa shape index (κ1) is 14.2. The zero-order valence-electron chi connectivity index (χ0n) is 11.9. The van der Waals surface area contributed by atoms with E-state index in [-0.39, 0.29) is 5.91 Å².